The molecular formula is C13H16ClF2IN2O. The van der Waals surface area contributed by atoms with Gasteiger partial charge in [-0.3, -0.25) is 0 Å². The van der Waals surface area contributed by atoms with Crippen LogP contribution >= 0.6 is 34.2 Å². The highest BCUT2D eigenvalue weighted by molar-refractivity contribution is 14.1. The highest BCUT2D eigenvalue weighted by Gasteiger charge is 2.23. The molecule has 0 aliphatic heterocycles. The van der Waals surface area contributed by atoms with Crippen molar-refractivity contribution in [1.82, 2.24) is 9.97 Å². The second-order valence-electron chi connectivity index (χ2n) is 4.83. The van der Waals surface area contributed by atoms with E-state index in [1.807, 2.05) is 0 Å². The van der Waals surface area contributed by atoms with Crippen LogP contribution in [0.3, 0.4) is 0 Å². The molecule has 2 rings (SSSR count). The Hall–Kier alpha value is -0.0800. The number of rotatable bonds is 6. The van der Waals surface area contributed by atoms with Crippen molar-refractivity contribution in [2.24, 2.45) is 0 Å². The summed E-state index contributed by atoms with van der Waals surface area (Å²) in [7, 11) is 0. The lowest BCUT2D eigenvalue weighted by Crippen LogP contribution is -2.11. The van der Waals surface area contributed by atoms with Gasteiger partial charge in [0, 0.05) is 12.3 Å². The Labute approximate surface area is 135 Å². The van der Waals surface area contributed by atoms with E-state index < -0.39 is 13.0 Å². The Morgan fingerprint density at radius 3 is 2.65 bits per heavy atom. The van der Waals surface area contributed by atoms with E-state index in [2.05, 4.69) is 32.6 Å². The van der Waals surface area contributed by atoms with E-state index in [-0.39, 0.29) is 6.61 Å². The number of hydrogen-bond acceptors (Lipinski definition) is 3. The highest BCUT2D eigenvalue weighted by Crippen LogP contribution is 2.36. The van der Waals surface area contributed by atoms with Gasteiger partial charge in [-0.25, -0.2) is 18.7 Å². The van der Waals surface area contributed by atoms with Gasteiger partial charge < -0.3 is 4.74 Å². The lowest BCUT2D eigenvalue weighted by atomic mass is 10.0. The van der Waals surface area contributed by atoms with E-state index in [9.17, 15) is 8.78 Å². The first-order valence-electron chi connectivity index (χ1n) is 6.65. The maximum absolute atomic E-state index is 12.0. The first-order chi connectivity index (χ1) is 9.58. The Kier molecular flexibility index (Phi) is 6.35. The minimum Gasteiger partial charge on any atom is -0.375 e. The molecule has 1 aliphatic rings. The summed E-state index contributed by atoms with van der Waals surface area (Å²) >= 11 is 8.32. The largest absolute Gasteiger partial charge is 0.375 e. The molecule has 1 aromatic rings. The molecule has 0 saturated heterocycles. The molecule has 20 heavy (non-hydrogen) atoms. The minimum absolute atomic E-state index is 0.186. The van der Waals surface area contributed by atoms with Crippen LogP contribution in [0.15, 0.2) is 0 Å². The molecule has 0 bridgehead atoms. The van der Waals surface area contributed by atoms with Crippen molar-refractivity contribution in [2.45, 2.75) is 44.4 Å². The molecule has 1 saturated carbocycles. The maximum Gasteiger partial charge on any atom is 0.261 e. The molecule has 1 heterocycles. The summed E-state index contributed by atoms with van der Waals surface area (Å²) in [5, 5.41) is 0.450. The lowest BCUT2D eigenvalue weighted by molar-refractivity contribution is 0.0182. The fourth-order valence-electron chi connectivity index (χ4n) is 2.40. The third-order valence-electron chi connectivity index (χ3n) is 3.34. The third kappa shape index (κ3) is 4.46. The van der Waals surface area contributed by atoms with Crippen LogP contribution < -0.4 is 0 Å². The number of hydrogen-bond donors (Lipinski definition) is 0. The molecule has 3 nitrogen and oxygen atoms in total. The predicted molar refractivity (Wildman–Crippen MR) is 81.5 cm³/mol. The average Bonchev–Trinajstić information content (AvgIpc) is 2.92. The zero-order valence-corrected chi connectivity index (χ0v) is 13.8. The van der Waals surface area contributed by atoms with Gasteiger partial charge in [0.1, 0.15) is 17.6 Å². The molecule has 7 heteroatoms. The molecule has 0 unspecified atom stereocenters. The van der Waals surface area contributed by atoms with E-state index in [4.69, 9.17) is 16.3 Å². The number of ether oxygens (including phenoxy) is 1. The molecule has 112 valence electrons. The monoisotopic (exact) mass is 416 g/mol. The van der Waals surface area contributed by atoms with Crippen molar-refractivity contribution >= 4 is 34.2 Å². The van der Waals surface area contributed by atoms with E-state index in [0.717, 1.165) is 22.1 Å². The van der Waals surface area contributed by atoms with Crippen molar-refractivity contribution in [3.05, 3.63) is 20.2 Å². The Balaban J connectivity index is 2.02. The van der Waals surface area contributed by atoms with E-state index in [0.29, 0.717) is 23.3 Å². The van der Waals surface area contributed by atoms with Crippen LogP contribution in [0.5, 0.6) is 0 Å². The van der Waals surface area contributed by atoms with Crippen LogP contribution in [-0.4, -0.2) is 29.6 Å². The quantitative estimate of drug-likeness (QED) is 0.396. The summed E-state index contributed by atoms with van der Waals surface area (Å²) in [6.45, 7) is -0.362. The fourth-order valence-corrected chi connectivity index (χ4v) is 3.27. The SMILES string of the molecule is FC(F)COCCc1nc(Cl)c(I)c(C2CCCC2)n1. The molecule has 0 aromatic carbocycles. The molecule has 0 radical (unpaired) electrons. The van der Waals surface area contributed by atoms with Gasteiger partial charge in [-0.05, 0) is 35.4 Å². The maximum atomic E-state index is 12.0. The topological polar surface area (TPSA) is 35.0 Å². The van der Waals surface area contributed by atoms with Crippen LogP contribution in [0.2, 0.25) is 5.15 Å². The zero-order valence-electron chi connectivity index (χ0n) is 10.9. The first-order valence-corrected chi connectivity index (χ1v) is 8.11. The Bertz CT molecular complexity index is 456. The van der Waals surface area contributed by atoms with Gasteiger partial charge in [0.15, 0.2) is 0 Å². The van der Waals surface area contributed by atoms with E-state index in [1.54, 1.807) is 0 Å². The average molecular weight is 417 g/mol. The summed E-state index contributed by atoms with van der Waals surface area (Å²) in [6, 6.07) is 0. The standard InChI is InChI=1S/C13H16ClF2IN2O/c14-13-11(17)12(8-3-1-2-4-8)18-10(19-13)5-6-20-7-9(15)16/h8-9H,1-7H2. The van der Waals surface area contributed by atoms with Crippen molar-refractivity contribution in [1.29, 1.82) is 0 Å². The molecular weight excluding hydrogens is 401 g/mol. The van der Waals surface area contributed by atoms with Gasteiger partial charge in [0.25, 0.3) is 6.43 Å². The van der Waals surface area contributed by atoms with Crippen molar-refractivity contribution in [3.8, 4) is 0 Å². The van der Waals surface area contributed by atoms with Crippen molar-refractivity contribution in [3.63, 3.8) is 0 Å². The summed E-state index contributed by atoms with van der Waals surface area (Å²) in [6.07, 6.45) is 2.66. The molecule has 1 fully saturated rings. The Morgan fingerprint density at radius 1 is 1.30 bits per heavy atom. The molecule has 0 spiro atoms. The van der Waals surface area contributed by atoms with Gasteiger partial charge in [-0.2, -0.15) is 0 Å². The lowest BCUT2D eigenvalue weighted by Gasteiger charge is -2.13. The predicted octanol–water partition coefficient (Wildman–Crippen LogP) is 4.22. The van der Waals surface area contributed by atoms with Crippen molar-refractivity contribution < 1.29 is 13.5 Å². The molecule has 1 aliphatic carbocycles. The van der Waals surface area contributed by atoms with Gasteiger partial charge in [0.05, 0.1) is 15.9 Å². The molecule has 1 aromatic heterocycles. The summed E-state index contributed by atoms with van der Waals surface area (Å²) < 4.78 is 29.7. The number of aromatic nitrogens is 2. The van der Waals surface area contributed by atoms with Gasteiger partial charge in [-0.1, -0.05) is 24.4 Å². The molecule has 0 amide bonds. The summed E-state index contributed by atoms with van der Waals surface area (Å²) in [5.74, 6) is 1.02. The molecule has 0 atom stereocenters. The van der Waals surface area contributed by atoms with Crippen LogP contribution in [-0.2, 0) is 11.2 Å². The highest BCUT2D eigenvalue weighted by atomic mass is 127. The molecule has 0 N–H and O–H groups in total. The van der Waals surface area contributed by atoms with Gasteiger partial charge in [-0.15, -0.1) is 0 Å². The van der Waals surface area contributed by atoms with Gasteiger partial charge >= 0.3 is 0 Å². The second-order valence-corrected chi connectivity index (χ2v) is 6.26. The second kappa shape index (κ2) is 7.79. The zero-order chi connectivity index (χ0) is 14.5. The van der Waals surface area contributed by atoms with E-state index >= 15 is 0 Å². The number of halogens is 4. The Morgan fingerprint density at radius 2 is 2.00 bits per heavy atom. The van der Waals surface area contributed by atoms with Crippen LogP contribution in [0.1, 0.15) is 43.1 Å². The van der Waals surface area contributed by atoms with Crippen LogP contribution in [0.4, 0.5) is 8.78 Å². The summed E-state index contributed by atoms with van der Waals surface area (Å²) in [5.41, 5.74) is 1.01. The number of alkyl halides is 2. The third-order valence-corrected chi connectivity index (χ3v) is 4.99. The normalized spacial score (nSPS) is 16.2. The smallest absolute Gasteiger partial charge is 0.261 e. The van der Waals surface area contributed by atoms with E-state index in [1.165, 1.54) is 12.8 Å². The van der Waals surface area contributed by atoms with Crippen molar-refractivity contribution in [2.75, 3.05) is 13.2 Å². The first kappa shape index (κ1) is 16.3. The summed E-state index contributed by atoms with van der Waals surface area (Å²) in [4.78, 5) is 8.76. The van der Waals surface area contributed by atoms with Crippen LogP contribution in [0.25, 0.3) is 0 Å². The number of nitrogens with zero attached hydrogens (tertiary/aromatic N) is 2. The fraction of sp³-hybridized carbons (Fsp3) is 0.692. The van der Waals surface area contributed by atoms with Crippen LogP contribution in [0, 0.1) is 3.57 Å². The minimum atomic E-state index is -2.44. The van der Waals surface area contributed by atoms with Gasteiger partial charge in [0.2, 0.25) is 0 Å².